The highest BCUT2D eigenvalue weighted by Gasteiger charge is 2.27. The van der Waals surface area contributed by atoms with E-state index < -0.39 is 0 Å². The average Bonchev–Trinajstić information content (AvgIpc) is 3.27. The molecule has 0 unspecified atom stereocenters. The quantitative estimate of drug-likeness (QED) is 0.310. The fourth-order valence-electron chi connectivity index (χ4n) is 4.40. The van der Waals surface area contributed by atoms with Gasteiger partial charge in [-0.15, -0.1) is 24.0 Å². The van der Waals surface area contributed by atoms with Crippen LogP contribution in [-0.2, 0) is 6.42 Å². The van der Waals surface area contributed by atoms with Crippen molar-refractivity contribution in [2.45, 2.75) is 70.4 Å². The third-order valence-corrected chi connectivity index (χ3v) is 6.01. The molecule has 1 heterocycles. The van der Waals surface area contributed by atoms with Crippen LogP contribution in [0.15, 0.2) is 29.3 Å². The van der Waals surface area contributed by atoms with Crippen molar-refractivity contribution in [3.63, 3.8) is 0 Å². The van der Waals surface area contributed by atoms with Crippen molar-refractivity contribution in [1.82, 2.24) is 15.5 Å². The molecular weight excluding hydrogens is 475 g/mol. The first kappa shape index (κ1) is 24.3. The van der Waals surface area contributed by atoms with Crippen LogP contribution in [0.1, 0.15) is 57.4 Å². The van der Waals surface area contributed by atoms with Gasteiger partial charge in [0.2, 0.25) is 0 Å². The molecular formula is C23H39IN4O. The Kier molecular flexibility index (Phi) is 11.1. The number of piperidine rings is 1. The van der Waals surface area contributed by atoms with Crippen LogP contribution in [0.25, 0.3) is 0 Å². The predicted octanol–water partition coefficient (Wildman–Crippen LogP) is 4.21. The third kappa shape index (κ3) is 7.96. The Balaban J connectivity index is 0.00000300. The van der Waals surface area contributed by atoms with Crippen molar-refractivity contribution in [1.29, 1.82) is 0 Å². The molecule has 1 saturated heterocycles. The van der Waals surface area contributed by atoms with E-state index in [1.807, 2.05) is 13.1 Å². The number of nitrogens with one attached hydrogen (secondary N) is 2. The van der Waals surface area contributed by atoms with E-state index in [1.54, 1.807) is 0 Å². The molecule has 1 aliphatic carbocycles. The van der Waals surface area contributed by atoms with Crippen LogP contribution in [0.2, 0.25) is 0 Å². The number of halogens is 1. The highest BCUT2D eigenvalue weighted by atomic mass is 127. The van der Waals surface area contributed by atoms with Crippen LogP contribution in [0.5, 0.6) is 5.75 Å². The Labute approximate surface area is 194 Å². The Morgan fingerprint density at radius 1 is 1.17 bits per heavy atom. The summed E-state index contributed by atoms with van der Waals surface area (Å²) in [6.45, 7) is 6.23. The number of aliphatic imine (C=N–C) groups is 1. The molecule has 1 aliphatic heterocycles. The molecule has 0 aromatic heterocycles. The molecule has 0 bridgehead atoms. The van der Waals surface area contributed by atoms with Gasteiger partial charge in [0.25, 0.3) is 0 Å². The van der Waals surface area contributed by atoms with Crippen molar-refractivity contribution in [3.05, 3.63) is 29.8 Å². The van der Waals surface area contributed by atoms with Crippen LogP contribution in [0, 0.1) is 0 Å². The van der Waals surface area contributed by atoms with Gasteiger partial charge in [0.1, 0.15) is 5.75 Å². The largest absolute Gasteiger partial charge is 0.494 e. The van der Waals surface area contributed by atoms with Gasteiger partial charge in [0.15, 0.2) is 5.96 Å². The minimum atomic E-state index is 0. The van der Waals surface area contributed by atoms with E-state index in [4.69, 9.17) is 4.74 Å². The highest BCUT2D eigenvalue weighted by molar-refractivity contribution is 14.0. The maximum absolute atomic E-state index is 5.73. The first-order valence-corrected chi connectivity index (χ1v) is 11.2. The van der Waals surface area contributed by atoms with Gasteiger partial charge >= 0.3 is 0 Å². The number of ether oxygens (including phenoxy) is 1. The molecule has 0 radical (unpaired) electrons. The van der Waals surface area contributed by atoms with Gasteiger partial charge in [-0.25, -0.2) is 0 Å². The second-order valence-corrected chi connectivity index (χ2v) is 8.14. The molecule has 2 N–H and O–H groups in total. The Morgan fingerprint density at radius 3 is 2.62 bits per heavy atom. The lowest BCUT2D eigenvalue weighted by molar-refractivity contribution is 0.150. The van der Waals surface area contributed by atoms with Crippen LogP contribution in [0.3, 0.4) is 0 Å². The first-order chi connectivity index (χ1) is 13.8. The summed E-state index contributed by atoms with van der Waals surface area (Å²) >= 11 is 0. The van der Waals surface area contributed by atoms with E-state index >= 15 is 0 Å². The second-order valence-electron chi connectivity index (χ2n) is 8.14. The lowest BCUT2D eigenvalue weighted by atomic mass is 10.0. The fourth-order valence-corrected chi connectivity index (χ4v) is 4.40. The lowest BCUT2D eigenvalue weighted by Gasteiger charge is -2.36. The Bertz CT molecular complexity index is 611. The number of likely N-dealkylation sites (tertiary alicyclic amines) is 1. The Morgan fingerprint density at radius 2 is 1.93 bits per heavy atom. The van der Waals surface area contributed by atoms with Gasteiger partial charge in [-0.3, -0.25) is 4.99 Å². The zero-order chi connectivity index (χ0) is 19.6. The van der Waals surface area contributed by atoms with E-state index in [1.165, 1.54) is 57.2 Å². The maximum Gasteiger partial charge on any atom is 0.191 e. The molecule has 1 aromatic rings. The molecule has 5 nitrogen and oxygen atoms in total. The van der Waals surface area contributed by atoms with Gasteiger partial charge in [0.05, 0.1) is 6.61 Å². The number of guanidine groups is 1. The van der Waals surface area contributed by atoms with E-state index in [0.717, 1.165) is 43.7 Å². The topological polar surface area (TPSA) is 48.9 Å². The van der Waals surface area contributed by atoms with Crippen molar-refractivity contribution < 1.29 is 4.74 Å². The van der Waals surface area contributed by atoms with Crippen LogP contribution < -0.4 is 15.4 Å². The molecule has 3 rings (SSSR count). The van der Waals surface area contributed by atoms with Crippen molar-refractivity contribution in [2.24, 2.45) is 4.99 Å². The van der Waals surface area contributed by atoms with Crippen molar-refractivity contribution in [2.75, 3.05) is 33.3 Å². The fraction of sp³-hybridized carbons (Fsp3) is 0.696. The lowest BCUT2D eigenvalue weighted by Crippen LogP contribution is -2.50. The van der Waals surface area contributed by atoms with E-state index in [2.05, 4.69) is 45.6 Å². The van der Waals surface area contributed by atoms with Gasteiger partial charge in [-0.1, -0.05) is 31.9 Å². The van der Waals surface area contributed by atoms with E-state index in [9.17, 15) is 0 Å². The molecule has 2 aliphatic rings. The molecule has 0 amide bonds. The van der Waals surface area contributed by atoms with Crippen LogP contribution in [0.4, 0.5) is 0 Å². The summed E-state index contributed by atoms with van der Waals surface area (Å²) in [5.41, 5.74) is 1.29. The van der Waals surface area contributed by atoms with Gasteiger partial charge in [-0.05, 0) is 56.2 Å². The van der Waals surface area contributed by atoms with Crippen molar-refractivity contribution in [3.8, 4) is 5.75 Å². The average molecular weight is 514 g/mol. The molecule has 0 spiro atoms. The predicted molar refractivity (Wildman–Crippen MR) is 133 cm³/mol. The standard InChI is InChI=1S/C23H38N4O.HI/c1-3-17-28-22-10-6-7-19(18-22)11-14-25-23(24-2)26-20-12-15-27(16-13-20)21-8-4-5-9-21;/h6-7,10,18,20-21H,3-5,8-9,11-17H2,1-2H3,(H2,24,25,26);1H. The smallest absolute Gasteiger partial charge is 0.191 e. The zero-order valence-electron chi connectivity index (χ0n) is 18.2. The van der Waals surface area contributed by atoms with E-state index in [-0.39, 0.29) is 24.0 Å². The zero-order valence-corrected chi connectivity index (χ0v) is 20.5. The number of nitrogens with zero attached hydrogens (tertiary/aromatic N) is 2. The third-order valence-electron chi connectivity index (χ3n) is 6.01. The summed E-state index contributed by atoms with van der Waals surface area (Å²) < 4.78 is 5.73. The second kappa shape index (κ2) is 13.3. The summed E-state index contributed by atoms with van der Waals surface area (Å²) in [6, 6.07) is 9.81. The summed E-state index contributed by atoms with van der Waals surface area (Å²) in [6.07, 6.45) is 10.1. The number of benzene rings is 1. The molecule has 29 heavy (non-hydrogen) atoms. The molecule has 164 valence electrons. The molecule has 0 atom stereocenters. The Hall–Kier alpha value is -1.02. The van der Waals surface area contributed by atoms with Crippen LogP contribution >= 0.6 is 24.0 Å². The summed E-state index contributed by atoms with van der Waals surface area (Å²) in [5.74, 6) is 1.90. The highest BCUT2D eigenvalue weighted by Crippen LogP contribution is 2.26. The van der Waals surface area contributed by atoms with E-state index in [0.29, 0.717) is 6.04 Å². The number of rotatable bonds is 8. The van der Waals surface area contributed by atoms with Gasteiger partial charge in [-0.2, -0.15) is 0 Å². The molecule has 6 heteroatoms. The normalized spacial score (nSPS) is 19.0. The molecule has 1 aromatic carbocycles. The summed E-state index contributed by atoms with van der Waals surface area (Å²) in [4.78, 5) is 7.14. The van der Waals surface area contributed by atoms with Crippen molar-refractivity contribution >= 4 is 29.9 Å². The number of hydrogen-bond donors (Lipinski definition) is 2. The first-order valence-electron chi connectivity index (χ1n) is 11.2. The maximum atomic E-state index is 5.73. The summed E-state index contributed by atoms with van der Waals surface area (Å²) in [7, 11) is 1.86. The number of hydrogen-bond acceptors (Lipinski definition) is 3. The SMILES string of the molecule is CCCOc1cccc(CCNC(=NC)NC2CCN(C3CCCC3)CC2)c1.I. The summed E-state index contributed by atoms with van der Waals surface area (Å²) in [5, 5.41) is 7.11. The minimum Gasteiger partial charge on any atom is -0.494 e. The monoisotopic (exact) mass is 514 g/mol. The molecule has 1 saturated carbocycles. The van der Waals surface area contributed by atoms with Gasteiger partial charge in [0, 0.05) is 38.8 Å². The minimum absolute atomic E-state index is 0. The van der Waals surface area contributed by atoms with Crippen LogP contribution in [-0.4, -0.2) is 56.2 Å². The van der Waals surface area contributed by atoms with Gasteiger partial charge < -0.3 is 20.3 Å². The molecule has 2 fully saturated rings.